The highest BCUT2D eigenvalue weighted by molar-refractivity contribution is 6.33. The minimum atomic E-state index is -0.324. The van der Waals surface area contributed by atoms with Crippen LogP contribution in [-0.2, 0) is 9.53 Å². The molecular formula is C20H30ClN5O6. The number of benzene rings is 1. The molecule has 0 aromatic heterocycles. The molecule has 2 saturated heterocycles. The molecule has 2 fully saturated rings. The normalized spacial score (nSPS) is 21.5. The van der Waals surface area contributed by atoms with Crippen LogP contribution < -0.4 is 15.8 Å². The van der Waals surface area contributed by atoms with Gasteiger partial charge in [-0.1, -0.05) is 11.6 Å². The Morgan fingerprint density at radius 3 is 2.59 bits per heavy atom. The number of carbonyl (C=O) groups is 3. The van der Waals surface area contributed by atoms with Crippen molar-refractivity contribution in [3.63, 3.8) is 0 Å². The van der Waals surface area contributed by atoms with Crippen molar-refractivity contribution in [2.24, 2.45) is 0 Å². The van der Waals surface area contributed by atoms with Gasteiger partial charge in [-0.25, -0.2) is 4.79 Å². The zero-order valence-electron chi connectivity index (χ0n) is 18.4. The molecule has 5 N–H and O–H groups in total. The monoisotopic (exact) mass is 471 g/mol. The Morgan fingerprint density at radius 2 is 2.00 bits per heavy atom. The summed E-state index contributed by atoms with van der Waals surface area (Å²) in [6.07, 6.45) is 0.400. The highest BCUT2D eigenvalue weighted by Crippen LogP contribution is 2.29. The predicted molar refractivity (Wildman–Crippen MR) is 119 cm³/mol. The SMILES string of the molecule is COc1cc(N)c(Cl)cc1C(=O)N[C@H]1CCN(CCN2C(=O)CN(C)C2=O)C[C@H]1OC.O. The van der Waals surface area contributed by atoms with Gasteiger partial charge < -0.3 is 30.9 Å². The summed E-state index contributed by atoms with van der Waals surface area (Å²) >= 11 is 6.08. The van der Waals surface area contributed by atoms with Gasteiger partial charge in [0.2, 0.25) is 5.91 Å². The number of hydrogen-bond acceptors (Lipinski definition) is 7. The molecule has 0 saturated carbocycles. The van der Waals surface area contributed by atoms with E-state index in [2.05, 4.69) is 10.2 Å². The maximum Gasteiger partial charge on any atom is 0.327 e. The van der Waals surface area contributed by atoms with Crippen molar-refractivity contribution in [1.82, 2.24) is 20.0 Å². The van der Waals surface area contributed by atoms with E-state index in [1.807, 2.05) is 0 Å². The Hall–Kier alpha value is -2.60. The number of carbonyl (C=O) groups excluding carboxylic acids is 3. The molecule has 2 aliphatic heterocycles. The number of methoxy groups -OCH3 is 2. The smallest absolute Gasteiger partial charge is 0.327 e. The number of nitrogens with two attached hydrogens (primary N) is 1. The average Bonchev–Trinajstić information content (AvgIpc) is 2.99. The van der Waals surface area contributed by atoms with Gasteiger partial charge in [-0.05, 0) is 12.5 Å². The van der Waals surface area contributed by atoms with E-state index in [4.69, 9.17) is 26.8 Å². The van der Waals surface area contributed by atoms with Crippen molar-refractivity contribution < 1.29 is 29.3 Å². The van der Waals surface area contributed by atoms with Gasteiger partial charge in [-0.3, -0.25) is 19.4 Å². The summed E-state index contributed by atoms with van der Waals surface area (Å²) < 4.78 is 10.9. The maximum absolute atomic E-state index is 12.9. The number of ether oxygens (including phenoxy) is 2. The molecule has 2 heterocycles. The number of rotatable bonds is 7. The van der Waals surface area contributed by atoms with E-state index in [-0.39, 0.29) is 47.0 Å². The summed E-state index contributed by atoms with van der Waals surface area (Å²) in [4.78, 5) is 41.6. The number of hydrogen-bond donors (Lipinski definition) is 2. The van der Waals surface area contributed by atoms with E-state index in [9.17, 15) is 14.4 Å². The number of nitrogens with zero attached hydrogens (tertiary/aromatic N) is 3. The molecule has 1 aromatic carbocycles. The van der Waals surface area contributed by atoms with Crippen LogP contribution in [0.25, 0.3) is 0 Å². The molecule has 0 bridgehead atoms. The zero-order valence-corrected chi connectivity index (χ0v) is 19.1. The Balaban J connectivity index is 0.00000363. The van der Waals surface area contributed by atoms with Crippen LogP contribution in [0.5, 0.6) is 5.75 Å². The lowest BCUT2D eigenvalue weighted by atomic mass is 10.0. The van der Waals surface area contributed by atoms with Gasteiger partial charge in [-0.15, -0.1) is 0 Å². The topological polar surface area (TPSA) is 149 Å². The fourth-order valence-corrected chi connectivity index (χ4v) is 4.04. The molecule has 0 spiro atoms. The van der Waals surface area contributed by atoms with Gasteiger partial charge in [-0.2, -0.15) is 0 Å². The fourth-order valence-electron chi connectivity index (χ4n) is 3.88. The first-order valence-electron chi connectivity index (χ1n) is 9.99. The largest absolute Gasteiger partial charge is 0.496 e. The standard InChI is InChI=1S/C20H28ClN5O5.H2O/c1-24-11-18(27)26(20(24)29)7-6-25-5-4-15(17(10-25)31-3)23-19(28)12-8-13(21)14(22)9-16(12)30-2;/h8-9,15,17H,4-7,10-11,22H2,1-3H3,(H,23,28);1H2/t15-,17+;/m0./s1. The third-order valence-corrected chi connectivity index (χ3v) is 6.02. The number of nitrogens with one attached hydrogen (secondary N) is 1. The molecule has 0 unspecified atom stereocenters. The quantitative estimate of drug-likeness (QED) is 0.413. The van der Waals surface area contributed by atoms with Crippen LogP contribution in [0.3, 0.4) is 0 Å². The number of amides is 4. The van der Waals surface area contributed by atoms with Crippen LogP contribution in [-0.4, -0.2) is 104 Å². The molecule has 2 atom stereocenters. The summed E-state index contributed by atoms with van der Waals surface area (Å²) in [5.41, 5.74) is 6.42. The van der Waals surface area contributed by atoms with Gasteiger partial charge >= 0.3 is 6.03 Å². The Bertz CT molecular complexity index is 869. The van der Waals surface area contributed by atoms with Crippen molar-refractivity contribution >= 4 is 35.1 Å². The lowest BCUT2D eigenvalue weighted by molar-refractivity contribution is -0.125. The molecule has 11 nitrogen and oxygen atoms in total. The second kappa shape index (κ2) is 10.8. The van der Waals surface area contributed by atoms with Gasteiger partial charge in [0.25, 0.3) is 5.91 Å². The molecule has 1 aromatic rings. The highest BCUT2D eigenvalue weighted by Gasteiger charge is 2.35. The van der Waals surface area contributed by atoms with Gasteiger partial charge in [0, 0.05) is 46.4 Å². The number of urea groups is 1. The molecule has 0 radical (unpaired) electrons. The number of anilines is 1. The van der Waals surface area contributed by atoms with Crippen molar-refractivity contribution in [3.05, 3.63) is 22.7 Å². The van der Waals surface area contributed by atoms with Gasteiger partial charge in [0.1, 0.15) is 12.3 Å². The van der Waals surface area contributed by atoms with E-state index >= 15 is 0 Å². The summed E-state index contributed by atoms with van der Waals surface area (Å²) in [5.74, 6) is -0.166. The Morgan fingerprint density at radius 1 is 1.28 bits per heavy atom. The molecule has 12 heteroatoms. The Kier molecular flexibility index (Phi) is 8.67. The van der Waals surface area contributed by atoms with Crippen LogP contribution in [0.15, 0.2) is 12.1 Å². The summed E-state index contributed by atoms with van der Waals surface area (Å²) in [6, 6.07) is 2.53. The van der Waals surface area contributed by atoms with Gasteiger partial charge in [0.05, 0.1) is 35.5 Å². The van der Waals surface area contributed by atoms with E-state index in [0.717, 1.165) is 0 Å². The van der Waals surface area contributed by atoms with Crippen LogP contribution in [0, 0.1) is 0 Å². The number of likely N-dealkylation sites (tertiary alicyclic amines) is 1. The van der Waals surface area contributed by atoms with E-state index in [1.54, 1.807) is 14.2 Å². The second-order valence-corrected chi connectivity index (χ2v) is 8.11. The molecule has 32 heavy (non-hydrogen) atoms. The molecular weight excluding hydrogens is 442 g/mol. The Labute approximate surface area is 191 Å². The molecule has 2 aliphatic rings. The first-order valence-corrected chi connectivity index (χ1v) is 10.4. The van der Waals surface area contributed by atoms with E-state index in [0.29, 0.717) is 49.6 Å². The number of halogens is 1. The highest BCUT2D eigenvalue weighted by atomic mass is 35.5. The lowest BCUT2D eigenvalue weighted by Gasteiger charge is -2.38. The fraction of sp³-hybridized carbons (Fsp3) is 0.550. The summed E-state index contributed by atoms with van der Waals surface area (Å²) in [5, 5.41) is 3.28. The van der Waals surface area contributed by atoms with Crippen molar-refractivity contribution in [1.29, 1.82) is 0 Å². The van der Waals surface area contributed by atoms with Crippen LogP contribution >= 0.6 is 11.6 Å². The van der Waals surface area contributed by atoms with Crippen molar-refractivity contribution in [2.75, 3.05) is 59.7 Å². The molecule has 178 valence electrons. The van der Waals surface area contributed by atoms with Crippen molar-refractivity contribution in [3.8, 4) is 5.75 Å². The molecule has 0 aliphatic carbocycles. The maximum atomic E-state index is 12.9. The van der Waals surface area contributed by atoms with E-state index < -0.39 is 0 Å². The zero-order chi connectivity index (χ0) is 22.7. The minimum absolute atomic E-state index is 0. The molecule has 3 rings (SSSR count). The summed E-state index contributed by atoms with van der Waals surface area (Å²) in [6.45, 7) is 2.25. The summed E-state index contributed by atoms with van der Waals surface area (Å²) in [7, 11) is 4.67. The predicted octanol–water partition coefficient (Wildman–Crippen LogP) is -0.181. The van der Waals surface area contributed by atoms with Crippen LogP contribution in [0.2, 0.25) is 5.02 Å². The number of imide groups is 1. The third-order valence-electron chi connectivity index (χ3n) is 5.70. The van der Waals surface area contributed by atoms with Crippen LogP contribution in [0.4, 0.5) is 10.5 Å². The second-order valence-electron chi connectivity index (χ2n) is 7.70. The third kappa shape index (κ3) is 5.41. The van der Waals surface area contributed by atoms with Gasteiger partial charge in [0.15, 0.2) is 0 Å². The average molecular weight is 472 g/mol. The van der Waals surface area contributed by atoms with Crippen molar-refractivity contribution in [2.45, 2.75) is 18.6 Å². The minimum Gasteiger partial charge on any atom is -0.496 e. The first kappa shape index (κ1) is 25.7. The lowest BCUT2D eigenvalue weighted by Crippen LogP contribution is -2.55. The number of nitrogen functional groups attached to an aromatic ring is 1. The first-order chi connectivity index (χ1) is 14.7. The number of likely N-dealkylation sites (N-methyl/N-ethyl adjacent to an activating group) is 1. The molecule has 4 amide bonds. The van der Waals surface area contributed by atoms with Crippen LogP contribution in [0.1, 0.15) is 16.8 Å². The van der Waals surface area contributed by atoms with E-state index in [1.165, 1.54) is 29.0 Å². The number of piperidine rings is 1.